The van der Waals surface area contributed by atoms with E-state index >= 15 is 0 Å². The molecule has 1 saturated heterocycles. The van der Waals surface area contributed by atoms with Crippen molar-refractivity contribution in [1.29, 1.82) is 0 Å². The molecule has 1 fully saturated rings. The molecule has 7 heteroatoms. The standard InChI is InChI=1S/C27H24ClN3O2S/c28-25-11-10-23(34-25)19-6-9-21(29)22(17-19)31-26(32)18-4-7-20(8-5-18)27(12-15-33-16-13-27)24-3-1-2-14-30-24/h1-11,14,17H,12-13,15-16,29H2,(H,31,32). The summed E-state index contributed by atoms with van der Waals surface area (Å²) in [5.41, 5.74) is 10.7. The van der Waals surface area contributed by atoms with Crippen LogP contribution in [0.2, 0.25) is 4.34 Å². The fourth-order valence-electron chi connectivity index (χ4n) is 4.48. The zero-order chi connectivity index (χ0) is 23.5. The molecule has 0 unspecified atom stereocenters. The largest absolute Gasteiger partial charge is 0.397 e. The minimum absolute atomic E-state index is 0.210. The van der Waals surface area contributed by atoms with Gasteiger partial charge < -0.3 is 15.8 Å². The Morgan fingerprint density at radius 2 is 1.82 bits per heavy atom. The lowest BCUT2D eigenvalue weighted by atomic mass is 9.71. The van der Waals surface area contributed by atoms with Gasteiger partial charge in [-0.3, -0.25) is 9.78 Å². The first-order valence-electron chi connectivity index (χ1n) is 11.1. The molecule has 1 aliphatic heterocycles. The molecule has 0 atom stereocenters. The second-order valence-electron chi connectivity index (χ2n) is 8.35. The highest BCUT2D eigenvalue weighted by Gasteiger charge is 2.37. The van der Waals surface area contributed by atoms with Crippen LogP contribution in [0.15, 0.2) is 79.0 Å². The Kier molecular flexibility index (Phi) is 6.37. The normalized spacial score (nSPS) is 15.1. The second kappa shape index (κ2) is 9.58. The van der Waals surface area contributed by atoms with Crippen LogP contribution >= 0.6 is 22.9 Å². The van der Waals surface area contributed by atoms with Crippen molar-refractivity contribution in [1.82, 2.24) is 4.98 Å². The fourth-order valence-corrected chi connectivity index (χ4v) is 5.52. The first-order chi connectivity index (χ1) is 16.5. The molecule has 2 aromatic heterocycles. The number of thiophene rings is 1. The van der Waals surface area contributed by atoms with Crippen LogP contribution in [0.3, 0.4) is 0 Å². The molecule has 3 heterocycles. The molecule has 0 radical (unpaired) electrons. The van der Waals surface area contributed by atoms with E-state index in [9.17, 15) is 4.79 Å². The van der Waals surface area contributed by atoms with Crippen molar-refractivity contribution < 1.29 is 9.53 Å². The van der Waals surface area contributed by atoms with Crippen LogP contribution in [-0.2, 0) is 10.2 Å². The van der Waals surface area contributed by atoms with E-state index in [0.717, 1.165) is 34.5 Å². The Labute approximate surface area is 207 Å². The van der Waals surface area contributed by atoms with Gasteiger partial charge in [0.2, 0.25) is 0 Å². The first-order valence-corrected chi connectivity index (χ1v) is 12.3. The summed E-state index contributed by atoms with van der Waals surface area (Å²) in [6, 6.07) is 23.2. The topological polar surface area (TPSA) is 77.2 Å². The molecule has 3 N–H and O–H groups in total. The number of nitrogens with one attached hydrogen (secondary N) is 1. The van der Waals surface area contributed by atoms with Gasteiger partial charge in [0.15, 0.2) is 0 Å². The molecule has 1 amide bonds. The van der Waals surface area contributed by atoms with Crippen molar-refractivity contribution in [3.63, 3.8) is 0 Å². The van der Waals surface area contributed by atoms with Crippen molar-refractivity contribution in [2.24, 2.45) is 0 Å². The Morgan fingerprint density at radius 3 is 2.50 bits per heavy atom. The predicted octanol–water partition coefficient (Wildman–Crippen LogP) is 6.39. The van der Waals surface area contributed by atoms with Crippen LogP contribution in [0.5, 0.6) is 0 Å². The van der Waals surface area contributed by atoms with Crippen LogP contribution in [-0.4, -0.2) is 24.1 Å². The Balaban J connectivity index is 1.39. The monoisotopic (exact) mass is 489 g/mol. The number of carbonyl (C=O) groups is 1. The molecule has 0 aliphatic carbocycles. The van der Waals surface area contributed by atoms with E-state index in [0.29, 0.717) is 34.5 Å². The molecule has 5 rings (SSSR count). The number of anilines is 2. The summed E-state index contributed by atoms with van der Waals surface area (Å²) < 4.78 is 6.35. The van der Waals surface area contributed by atoms with Gasteiger partial charge in [-0.25, -0.2) is 0 Å². The number of carbonyl (C=O) groups excluding carboxylic acids is 1. The maximum absolute atomic E-state index is 13.0. The van der Waals surface area contributed by atoms with E-state index < -0.39 is 0 Å². The average molecular weight is 490 g/mol. The SMILES string of the molecule is Nc1ccc(-c2ccc(Cl)s2)cc1NC(=O)c1ccc(C2(c3ccccn3)CCOCC2)cc1. The van der Waals surface area contributed by atoms with Gasteiger partial charge in [-0.15, -0.1) is 11.3 Å². The van der Waals surface area contributed by atoms with Crippen LogP contribution in [0, 0.1) is 0 Å². The minimum Gasteiger partial charge on any atom is -0.397 e. The van der Waals surface area contributed by atoms with E-state index in [1.807, 2.05) is 66.9 Å². The van der Waals surface area contributed by atoms with Crippen molar-refractivity contribution in [3.05, 3.63) is 100 Å². The molecular weight excluding hydrogens is 466 g/mol. The predicted molar refractivity (Wildman–Crippen MR) is 139 cm³/mol. The third-order valence-electron chi connectivity index (χ3n) is 6.36. The third kappa shape index (κ3) is 4.44. The summed E-state index contributed by atoms with van der Waals surface area (Å²) in [5, 5.41) is 2.96. The van der Waals surface area contributed by atoms with Gasteiger partial charge in [0.25, 0.3) is 5.91 Å². The van der Waals surface area contributed by atoms with Crippen molar-refractivity contribution in [3.8, 4) is 10.4 Å². The smallest absolute Gasteiger partial charge is 0.255 e. The lowest BCUT2D eigenvalue weighted by Crippen LogP contribution is -2.35. The van der Waals surface area contributed by atoms with Gasteiger partial charge in [0, 0.05) is 35.3 Å². The number of nitrogens with two attached hydrogens (primary N) is 1. The number of aromatic nitrogens is 1. The summed E-state index contributed by atoms with van der Waals surface area (Å²) in [5.74, 6) is -0.210. The van der Waals surface area contributed by atoms with Crippen LogP contribution in [0.4, 0.5) is 11.4 Å². The Hall–Kier alpha value is -3.19. The number of hydrogen-bond donors (Lipinski definition) is 2. The molecular formula is C27H24ClN3O2S. The minimum atomic E-state index is -0.213. The quantitative estimate of drug-likeness (QED) is 0.318. The maximum atomic E-state index is 13.0. The lowest BCUT2D eigenvalue weighted by Gasteiger charge is -2.37. The molecule has 0 bridgehead atoms. The molecule has 172 valence electrons. The molecule has 0 saturated carbocycles. The van der Waals surface area contributed by atoms with Gasteiger partial charge in [0.05, 0.1) is 21.4 Å². The van der Waals surface area contributed by atoms with E-state index in [-0.39, 0.29) is 11.3 Å². The molecule has 2 aromatic carbocycles. The van der Waals surface area contributed by atoms with Crippen LogP contribution in [0.25, 0.3) is 10.4 Å². The van der Waals surface area contributed by atoms with Gasteiger partial charge in [0.1, 0.15) is 0 Å². The molecule has 5 nitrogen and oxygen atoms in total. The highest BCUT2D eigenvalue weighted by Crippen LogP contribution is 2.40. The summed E-state index contributed by atoms with van der Waals surface area (Å²) in [6.07, 6.45) is 3.54. The summed E-state index contributed by atoms with van der Waals surface area (Å²) in [7, 11) is 0. The van der Waals surface area contributed by atoms with Crippen LogP contribution in [0.1, 0.15) is 34.5 Å². The Bertz CT molecular complexity index is 1300. The van der Waals surface area contributed by atoms with Crippen molar-refractivity contribution in [2.45, 2.75) is 18.3 Å². The van der Waals surface area contributed by atoms with Gasteiger partial charge >= 0.3 is 0 Å². The Morgan fingerprint density at radius 1 is 1.03 bits per heavy atom. The summed E-state index contributed by atoms with van der Waals surface area (Å²) in [6.45, 7) is 1.37. The van der Waals surface area contributed by atoms with Crippen LogP contribution < -0.4 is 11.1 Å². The number of ether oxygens (including phenoxy) is 1. The van der Waals surface area contributed by atoms with E-state index in [4.69, 9.17) is 22.1 Å². The number of nitrogens with zero attached hydrogens (tertiary/aromatic N) is 1. The van der Waals surface area contributed by atoms with Gasteiger partial charge in [-0.1, -0.05) is 35.9 Å². The maximum Gasteiger partial charge on any atom is 0.255 e. The fraction of sp³-hybridized carbons (Fsp3) is 0.185. The average Bonchev–Trinajstić information content (AvgIpc) is 3.32. The number of rotatable bonds is 5. The van der Waals surface area contributed by atoms with E-state index in [1.165, 1.54) is 11.3 Å². The van der Waals surface area contributed by atoms with Crippen molar-refractivity contribution in [2.75, 3.05) is 24.3 Å². The lowest BCUT2D eigenvalue weighted by molar-refractivity contribution is 0.0618. The third-order valence-corrected chi connectivity index (χ3v) is 7.64. The van der Waals surface area contributed by atoms with E-state index in [2.05, 4.69) is 16.4 Å². The summed E-state index contributed by atoms with van der Waals surface area (Å²) >= 11 is 7.56. The second-order valence-corrected chi connectivity index (χ2v) is 10.1. The first kappa shape index (κ1) is 22.6. The number of hydrogen-bond acceptors (Lipinski definition) is 5. The number of nitrogen functional groups attached to an aromatic ring is 1. The molecule has 34 heavy (non-hydrogen) atoms. The number of halogens is 1. The van der Waals surface area contributed by atoms with Gasteiger partial charge in [-0.2, -0.15) is 0 Å². The highest BCUT2D eigenvalue weighted by molar-refractivity contribution is 7.19. The molecule has 0 spiro atoms. The number of pyridine rings is 1. The zero-order valence-corrected chi connectivity index (χ0v) is 20.0. The van der Waals surface area contributed by atoms with Gasteiger partial charge in [-0.05, 0) is 72.5 Å². The molecule has 4 aromatic rings. The number of amides is 1. The van der Waals surface area contributed by atoms with Crippen molar-refractivity contribution >= 4 is 40.2 Å². The highest BCUT2D eigenvalue weighted by atomic mass is 35.5. The number of benzene rings is 2. The summed E-state index contributed by atoms with van der Waals surface area (Å²) in [4.78, 5) is 18.7. The molecule has 1 aliphatic rings. The zero-order valence-electron chi connectivity index (χ0n) is 18.5. The van der Waals surface area contributed by atoms with E-state index in [1.54, 1.807) is 6.07 Å².